The van der Waals surface area contributed by atoms with Gasteiger partial charge in [-0.25, -0.2) is 9.59 Å². The summed E-state index contributed by atoms with van der Waals surface area (Å²) in [5, 5.41) is 30.4. The molecule has 0 saturated carbocycles. The van der Waals surface area contributed by atoms with Crippen molar-refractivity contribution < 1.29 is 42.6 Å². The number of nitrogen functional groups attached to an aromatic ring is 1. The third-order valence-corrected chi connectivity index (χ3v) is 6.87. The zero-order valence-corrected chi connectivity index (χ0v) is 21.9. The number of carboxylic acid groups (broad SMARTS) is 2. The maximum atomic E-state index is 12.9. The number of carbonyl (C=O) groups is 4. The highest BCUT2D eigenvalue weighted by Gasteiger charge is 2.38. The first-order valence-electron chi connectivity index (χ1n) is 11.1. The summed E-state index contributed by atoms with van der Waals surface area (Å²) < 4.78 is 32.6. The van der Waals surface area contributed by atoms with Crippen LogP contribution in [0.15, 0.2) is 66.7 Å². The van der Waals surface area contributed by atoms with E-state index < -0.39 is 29.9 Å². The molecule has 1 heterocycles. The van der Waals surface area contributed by atoms with Crippen molar-refractivity contribution in [1.29, 1.82) is 5.41 Å². The average Bonchev–Trinajstić information content (AvgIpc) is 3.25. The number of anilines is 2. The van der Waals surface area contributed by atoms with Crippen LogP contribution in [-0.2, 0) is 4.79 Å². The first kappa shape index (κ1) is 30.6. The number of amidine groups is 1. The molecule has 0 fully saturated rings. The molecule has 0 bridgehead atoms. The number of hydrogen-bond donors (Lipinski definition) is 6. The molecule has 4 rings (SSSR count). The number of aliphatic carboxylic acids is 1. The minimum absolute atomic E-state index is 0.0365. The quantitative estimate of drug-likeness (QED) is 0.121. The summed E-state index contributed by atoms with van der Waals surface area (Å²) in [4.78, 5) is 46.5. The number of aromatic carboxylic acids is 1. The summed E-state index contributed by atoms with van der Waals surface area (Å²) in [5.41, 5.74) is 6.32. The Morgan fingerprint density at radius 2 is 1.46 bits per heavy atom. The normalized spacial score (nSPS) is 10.7. The van der Waals surface area contributed by atoms with Crippen LogP contribution in [0.1, 0.15) is 36.0 Å². The molecule has 4 aromatic rings. The van der Waals surface area contributed by atoms with Crippen LogP contribution in [0.25, 0.3) is 10.1 Å². The first-order valence-corrected chi connectivity index (χ1v) is 12.3. The standard InChI is InChI=1S/C24H17ClN4O4S.C2HF3O2/c25-19-16-3-1-2-4-18(16)34-20(19)23(31)29-17-11-13(7-10-15(17)24(32)33)22(30)28-14-8-5-12(6-9-14)21(26)27;3-2(4,5)1(6)7/h1-11H,(H3,26,27)(H,28,30)(H,29,31)(H,32,33);(H,6,7). The Hall–Kier alpha value is -4.95. The molecule has 1 aromatic heterocycles. The van der Waals surface area contributed by atoms with Gasteiger partial charge in [0.05, 0.1) is 16.3 Å². The van der Waals surface area contributed by atoms with Crippen LogP contribution in [0.3, 0.4) is 0 Å². The number of benzene rings is 3. The Labute approximate surface area is 237 Å². The van der Waals surface area contributed by atoms with Gasteiger partial charge in [-0.3, -0.25) is 15.0 Å². The van der Waals surface area contributed by atoms with Gasteiger partial charge in [0.15, 0.2) is 0 Å². The number of amides is 2. The molecule has 0 aliphatic heterocycles. The second kappa shape index (κ2) is 12.5. The second-order valence-electron chi connectivity index (χ2n) is 8.01. The summed E-state index contributed by atoms with van der Waals surface area (Å²) in [6.45, 7) is 0. The third kappa shape index (κ3) is 7.58. The second-order valence-corrected chi connectivity index (χ2v) is 9.44. The topological polar surface area (TPSA) is 183 Å². The highest BCUT2D eigenvalue weighted by atomic mass is 35.5. The maximum absolute atomic E-state index is 12.9. The average molecular weight is 607 g/mol. The number of carboxylic acids is 2. The van der Waals surface area contributed by atoms with Gasteiger partial charge in [0, 0.05) is 26.9 Å². The summed E-state index contributed by atoms with van der Waals surface area (Å²) in [6.07, 6.45) is -5.08. The van der Waals surface area contributed by atoms with Crippen LogP contribution in [0, 0.1) is 5.41 Å². The molecule has 212 valence electrons. The largest absolute Gasteiger partial charge is 0.490 e. The number of hydrogen-bond acceptors (Lipinski definition) is 6. The number of carbonyl (C=O) groups excluding carboxylic acids is 2. The monoisotopic (exact) mass is 606 g/mol. The van der Waals surface area contributed by atoms with E-state index in [0.717, 1.165) is 10.1 Å². The Morgan fingerprint density at radius 3 is 2.00 bits per heavy atom. The fourth-order valence-electron chi connectivity index (χ4n) is 3.25. The predicted molar refractivity (Wildman–Crippen MR) is 147 cm³/mol. The van der Waals surface area contributed by atoms with Gasteiger partial charge in [0.2, 0.25) is 0 Å². The molecule has 0 saturated heterocycles. The molecule has 0 aliphatic carbocycles. The van der Waals surface area contributed by atoms with Crippen LogP contribution in [0.2, 0.25) is 5.02 Å². The van der Waals surface area contributed by atoms with Gasteiger partial charge in [-0.1, -0.05) is 29.8 Å². The van der Waals surface area contributed by atoms with E-state index in [4.69, 9.17) is 32.6 Å². The van der Waals surface area contributed by atoms with Gasteiger partial charge in [-0.2, -0.15) is 13.2 Å². The molecule has 10 nitrogen and oxygen atoms in total. The molecule has 0 aliphatic rings. The minimum Gasteiger partial charge on any atom is -0.478 e. The zero-order valence-electron chi connectivity index (χ0n) is 20.4. The number of halogens is 4. The lowest BCUT2D eigenvalue weighted by Crippen LogP contribution is -2.21. The summed E-state index contributed by atoms with van der Waals surface area (Å²) in [6, 6.07) is 17.5. The molecule has 7 N–H and O–H groups in total. The molecule has 2 amide bonds. The molecule has 41 heavy (non-hydrogen) atoms. The number of rotatable bonds is 6. The van der Waals surface area contributed by atoms with E-state index in [9.17, 15) is 32.7 Å². The van der Waals surface area contributed by atoms with Crippen molar-refractivity contribution in [2.45, 2.75) is 6.18 Å². The van der Waals surface area contributed by atoms with Crippen LogP contribution >= 0.6 is 22.9 Å². The van der Waals surface area contributed by atoms with E-state index in [1.807, 2.05) is 12.1 Å². The van der Waals surface area contributed by atoms with E-state index in [0.29, 0.717) is 11.3 Å². The number of thiophene rings is 1. The lowest BCUT2D eigenvalue weighted by atomic mass is 10.1. The molecular weight excluding hydrogens is 589 g/mol. The smallest absolute Gasteiger partial charge is 0.478 e. The Balaban J connectivity index is 0.000000587. The Morgan fingerprint density at radius 1 is 0.878 bits per heavy atom. The number of alkyl halides is 3. The van der Waals surface area contributed by atoms with Crippen molar-refractivity contribution in [1.82, 2.24) is 0 Å². The number of nitrogens with two attached hydrogens (primary N) is 1. The van der Waals surface area contributed by atoms with Crippen LogP contribution < -0.4 is 16.4 Å². The van der Waals surface area contributed by atoms with Crippen molar-refractivity contribution in [3.05, 3.63) is 93.3 Å². The fraction of sp³-hybridized carbons (Fsp3) is 0.0385. The summed E-state index contributed by atoms with van der Waals surface area (Å²) in [7, 11) is 0. The van der Waals surface area contributed by atoms with Gasteiger partial charge in [0.1, 0.15) is 10.7 Å². The van der Waals surface area contributed by atoms with Crippen molar-refractivity contribution >= 4 is 74.0 Å². The SMILES string of the molecule is N=C(N)c1ccc(NC(=O)c2ccc(C(=O)O)c(NC(=O)c3sc4ccccc4c3Cl)c2)cc1.O=C(O)C(F)(F)F. The first-order chi connectivity index (χ1) is 19.2. The zero-order chi connectivity index (χ0) is 30.5. The van der Waals surface area contributed by atoms with E-state index in [2.05, 4.69) is 10.6 Å². The fourth-order valence-corrected chi connectivity index (χ4v) is 4.66. The van der Waals surface area contributed by atoms with Gasteiger partial charge < -0.3 is 26.6 Å². The number of nitrogens with one attached hydrogen (secondary N) is 3. The molecule has 0 spiro atoms. The molecular formula is C26H18ClF3N4O6S. The predicted octanol–water partition coefficient (Wildman–Crippen LogP) is 5.67. The maximum Gasteiger partial charge on any atom is 0.490 e. The highest BCUT2D eigenvalue weighted by molar-refractivity contribution is 7.21. The van der Waals surface area contributed by atoms with E-state index in [-0.39, 0.29) is 32.5 Å². The van der Waals surface area contributed by atoms with Crippen molar-refractivity contribution in [3.63, 3.8) is 0 Å². The van der Waals surface area contributed by atoms with E-state index >= 15 is 0 Å². The van der Waals surface area contributed by atoms with Crippen molar-refractivity contribution in [2.24, 2.45) is 5.73 Å². The lowest BCUT2D eigenvalue weighted by molar-refractivity contribution is -0.192. The van der Waals surface area contributed by atoms with Crippen LogP contribution in [0.5, 0.6) is 0 Å². The molecule has 15 heteroatoms. The minimum atomic E-state index is -5.08. The van der Waals surface area contributed by atoms with Gasteiger partial charge in [-0.15, -0.1) is 11.3 Å². The Kier molecular flexibility index (Phi) is 9.32. The third-order valence-electron chi connectivity index (χ3n) is 5.20. The van der Waals surface area contributed by atoms with Crippen LogP contribution in [0.4, 0.5) is 24.5 Å². The van der Waals surface area contributed by atoms with E-state index in [1.54, 1.807) is 36.4 Å². The Bertz CT molecular complexity index is 1670. The molecule has 0 atom stereocenters. The van der Waals surface area contributed by atoms with Crippen molar-refractivity contribution in [3.8, 4) is 0 Å². The van der Waals surface area contributed by atoms with Gasteiger partial charge in [-0.05, 0) is 48.5 Å². The molecule has 0 radical (unpaired) electrons. The lowest BCUT2D eigenvalue weighted by Gasteiger charge is -2.11. The number of fused-ring (bicyclic) bond motifs is 1. The van der Waals surface area contributed by atoms with Crippen LogP contribution in [-0.4, -0.2) is 46.0 Å². The van der Waals surface area contributed by atoms with Gasteiger partial charge in [0.25, 0.3) is 11.8 Å². The van der Waals surface area contributed by atoms with E-state index in [1.165, 1.54) is 29.5 Å². The highest BCUT2D eigenvalue weighted by Crippen LogP contribution is 2.35. The summed E-state index contributed by atoms with van der Waals surface area (Å²) >= 11 is 7.56. The molecule has 3 aromatic carbocycles. The van der Waals surface area contributed by atoms with Gasteiger partial charge >= 0.3 is 18.1 Å². The summed E-state index contributed by atoms with van der Waals surface area (Å²) in [5.74, 6) is -5.20. The van der Waals surface area contributed by atoms with Crippen molar-refractivity contribution in [2.75, 3.05) is 10.6 Å². The molecule has 0 unspecified atom stereocenters.